The van der Waals surface area contributed by atoms with Gasteiger partial charge in [-0.05, 0) is 31.4 Å². The van der Waals surface area contributed by atoms with Gasteiger partial charge in [-0.1, -0.05) is 32.0 Å². The zero-order valence-electron chi connectivity index (χ0n) is 11.1. The Balaban J connectivity index is 2.19. The van der Waals surface area contributed by atoms with Gasteiger partial charge in [0.2, 0.25) is 0 Å². The lowest BCUT2D eigenvalue weighted by molar-refractivity contribution is 0.224. The van der Waals surface area contributed by atoms with Crippen molar-refractivity contribution < 1.29 is 4.74 Å². The number of hydrogen-bond acceptors (Lipinski definition) is 2. The maximum absolute atomic E-state index is 5.48. The van der Waals surface area contributed by atoms with Crippen molar-refractivity contribution in [3.8, 4) is 5.75 Å². The zero-order chi connectivity index (χ0) is 12.3. The van der Waals surface area contributed by atoms with Crippen LogP contribution >= 0.6 is 0 Å². The Morgan fingerprint density at radius 3 is 2.82 bits per heavy atom. The number of ether oxygens (including phenoxy) is 1. The first kappa shape index (κ1) is 12.4. The summed E-state index contributed by atoms with van der Waals surface area (Å²) in [6, 6.07) is 8.99. The van der Waals surface area contributed by atoms with E-state index in [1.54, 1.807) is 7.11 Å². The van der Waals surface area contributed by atoms with Crippen molar-refractivity contribution in [3.63, 3.8) is 0 Å². The summed E-state index contributed by atoms with van der Waals surface area (Å²) >= 11 is 0. The summed E-state index contributed by atoms with van der Waals surface area (Å²) in [5, 5.41) is 0. The zero-order valence-corrected chi connectivity index (χ0v) is 11.1. The van der Waals surface area contributed by atoms with Crippen LogP contribution in [0.15, 0.2) is 24.3 Å². The summed E-state index contributed by atoms with van der Waals surface area (Å²) in [6.07, 6.45) is 2.56. The molecule has 0 aliphatic carbocycles. The summed E-state index contributed by atoms with van der Waals surface area (Å²) < 4.78 is 5.48. The number of hydrogen-bond donors (Lipinski definition) is 0. The molecular weight excluding hydrogens is 210 g/mol. The largest absolute Gasteiger partial charge is 0.496 e. The van der Waals surface area contributed by atoms with Gasteiger partial charge >= 0.3 is 0 Å². The molecule has 1 aromatic carbocycles. The minimum absolute atomic E-state index is 0.550. The monoisotopic (exact) mass is 233 g/mol. The van der Waals surface area contributed by atoms with Crippen LogP contribution in [0.4, 0.5) is 0 Å². The molecule has 1 aliphatic rings. The maximum Gasteiger partial charge on any atom is 0.123 e. The van der Waals surface area contributed by atoms with Gasteiger partial charge in [0, 0.05) is 18.2 Å². The maximum atomic E-state index is 5.48. The van der Waals surface area contributed by atoms with Crippen molar-refractivity contribution in [2.24, 2.45) is 5.92 Å². The molecular formula is C15H23NO. The van der Waals surface area contributed by atoms with E-state index in [1.165, 1.54) is 31.5 Å². The molecule has 1 atom stereocenters. The lowest BCUT2D eigenvalue weighted by Crippen LogP contribution is -2.27. The quantitative estimate of drug-likeness (QED) is 0.789. The molecule has 2 heteroatoms. The molecule has 0 aromatic heterocycles. The fraction of sp³-hybridized carbons (Fsp3) is 0.600. The van der Waals surface area contributed by atoms with Crippen LogP contribution in [-0.2, 0) is 0 Å². The van der Waals surface area contributed by atoms with Gasteiger partial charge in [-0.15, -0.1) is 0 Å². The van der Waals surface area contributed by atoms with Crippen molar-refractivity contribution in [2.75, 3.05) is 20.2 Å². The van der Waals surface area contributed by atoms with Crippen molar-refractivity contribution in [1.29, 1.82) is 0 Å². The van der Waals surface area contributed by atoms with Crippen LogP contribution in [0.3, 0.4) is 0 Å². The van der Waals surface area contributed by atoms with Crippen molar-refractivity contribution in [2.45, 2.75) is 32.7 Å². The third kappa shape index (κ3) is 2.81. The first-order chi connectivity index (χ1) is 8.22. The van der Waals surface area contributed by atoms with E-state index in [0.29, 0.717) is 6.04 Å². The summed E-state index contributed by atoms with van der Waals surface area (Å²) in [4.78, 5) is 2.60. The lowest BCUT2D eigenvalue weighted by atomic mass is 10.0. The van der Waals surface area contributed by atoms with E-state index in [1.807, 2.05) is 6.07 Å². The van der Waals surface area contributed by atoms with Crippen LogP contribution in [-0.4, -0.2) is 25.1 Å². The van der Waals surface area contributed by atoms with Crippen LogP contribution in [0, 0.1) is 5.92 Å². The second kappa shape index (κ2) is 5.54. The molecule has 17 heavy (non-hydrogen) atoms. The number of nitrogens with zero attached hydrogens (tertiary/aromatic N) is 1. The fourth-order valence-corrected chi connectivity index (χ4v) is 2.81. The van der Waals surface area contributed by atoms with Crippen LogP contribution in [0.1, 0.15) is 38.3 Å². The first-order valence-corrected chi connectivity index (χ1v) is 6.59. The summed E-state index contributed by atoms with van der Waals surface area (Å²) in [5.74, 6) is 1.76. The van der Waals surface area contributed by atoms with Gasteiger partial charge < -0.3 is 4.74 Å². The van der Waals surface area contributed by atoms with Crippen LogP contribution < -0.4 is 4.74 Å². The van der Waals surface area contributed by atoms with E-state index in [4.69, 9.17) is 4.74 Å². The highest BCUT2D eigenvalue weighted by molar-refractivity contribution is 5.36. The molecule has 2 rings (SSSR count). The average molecular weight is 233 g/mol. The number of benzene rings is 1. The Morgan fingerprint density at radius 1 is 1.35 bits per heavy atom. The topological polar surface area (TPSA) is 12.5 Å². The third-order valence-corrected chi connectivity index (χ3v) is 3.46. The molecule has 2 nitrogen and oxygen atoms in total. The lowest BCUT2D eigenvalue weighted by Gasteiger charge is -2.27. The standard InChI is InChI=1S/C15H23NO/c1-12(2)11-16-10-6-8-14(16)13-7-4-5-9-15(13)17-3/h4-5,7,9,12,14H,6,8,10-11H2,1-3H3/t14-/m1/s1. The number of methoxy groups -OCH3 is 1. The molecule has 1 aromatic rings. The molecule has 0 amide bonds. The van der Waals surface area contributed by atoms with E-state index < -0.39 is 0 Å². The second-order valence-corrected chi connectivity index (χ2v) is 5.29. The molecule has 0 unspecified atom stereocenters. The minimum Gasteiger partial charge on any atom is -0.496 e. The highest BCUT2D eigenvalue weighted by Crippen LogP contribution is 2.36. The summed E-state index contributed by atoms with van der Waals surface area (Å²) in [5.41, 5.74) is 1.35. The number of likely N-dealkylation sites (tertiary alicyclic amines) is 1. The van der Waals surface area contributed by atoms with Crippen molar-refractivity contribution in [3.05, 3.63) is 29.8 Å². The first-order valence-electron chi connectivity index (χ1n) is 6.59. The molecule has 1 fully saturated rings. The average Bonchev–Trinajstić information content (AvgIpc) is 2.76. The smallest absolute Gasteiger partial charge is 0.123 e. The highest BCUT2D eigenvalue weighted by Gasteiger charge is 2.28. The Hall–Kier alpha value is -1.02. The Kier molecular flexibility index (Phi) is 4.06. The second-order valence-electron chi connectivity index (χ2n) is 5.29. The molecule has 0 bridgehead atoms. The van der Waals surface area contributed by atoms with Gasteiger partial charge in [0.1, 0.15) is 5.75 Å². The summed E-state index contributed by atoms with van der Waals surface area (Å²) in [6.45, 7) is 6.98. The van der Waals surface area contributed by atoms with Crippen LogP contribution in [0.2, 0.25) is 0 Å². The molecule has 1 saturated heterocycles. The predicted octanol–water partition coefficient (Wildman–Crippen LogP) is 3.49. The molecule has 0 spiro atoms. The Morgan fingerprint density at radius 2 is 2.12 bits per heavy atom. The molecule has 0 N–H and O–H groups in total. The minimum atomic E-state index is 0.550. The van der Waals surface area contributed by atoms with E-state index in [0.717, 1.165) is 11.7 Å². The van der Waals surface area contributed by atoms with E-state index in [9.17, 15) is 0 Å². The van der Waals surface area contributed by atoms with Crippen molar-refractivity contribution >= 4 is 0 Å². The van der Waals surface area contributed by atoms with Gasteiger partial charge in [0.15, 0.2) is 0 Å². The summed E-state index contributed by atoms with van der Waals surface area (Å²) in [7, 11) is 1.76. The van der Waals surface area contributed by atoms with Gasteiger partial charge in [-0.2, -0.15) is 0 Å². The normalized spacial score (nSPS) is 21.1. The Bertz CT molecular complexity index is 362. The molecule has 94 valence electrons. The molecule has 1 heterocycles. The number of para-hydroxylation sites is 1. The van der Waals surface area contributed by atoms with E-state index in [2.05, 4.69) is 36.9 Å². The van der Waals surface area contributed by atoms with Gasteiger partial charge in [-0.25, -0.2) is 0 Å². The highest BCUT2D eigenvalue weighted by atomic mass is 16.5. The molecule has 0 radical (unpaired) electrons. The molecule has 1 aliphatic heterocycles. The third-order valence-electron chi connectivity index (χ3n) is 3.46. The van der Waals surface area contributed by atoms with E-state index >= 15 is 0 Å². The van der Waals surface area contributed by atoms with E-state index in [-0.39, 0.29) is 0 Å². The van der Waals surface area contributed by atoms with Crippen LogP contribution in [0.5, 0.6) is 5.75 Å². The van der Waals surface area contributed by atoms with Gasteiger partial charge in [0.05, 0.1) is 7.11 Å². The van der Waals surface area contributed by atoms with Gasteiger partial charge in [-0.3, -0.25) is 4.90 Å². The van der Waals surface area contributed by atoms with Crippen LogP contribution in [0.25, 0.3) is 0 Å². The fourth-order valence-electron chi connectivity index (χ4n) is 2.81. The number of rotatable bonds is 4. The SMILES string of the molecule is COc1ccccc1[C@H]1CCCN1CC(C)C. The van der Waals surface area contributed by atoms with Gasteiger partial charge in [0.25, 0.3) is 0 Å². The molecule has 0 saturated carbocycles. The Labute approximate surface area is 105 Å². The van der Waals surface area contributed by atoms with Crippen molar-refractivity contribution in [1.82, 2.24) is 4.90 Å². The predicted molar refractivity (Wildman–Crippen MR) is 71.4 cm³/mol.